The van der Waals surface area contributed by atoms with Crippen LogP contribution in [0.15, 0.2) is 34.2 Å². The highest BCUT2D eigenvalue weighted by atomic mass is 32.2. The molecule has 0 amide bonds. The molecule has 0 spiro atoms. The minimum absolute atomic E-state index is 0.0591. The zero-order valence-electron chi connectivity index (χ0n) is 16.5. The van der Waals surface area contributed by atoms with Crippen molar-refractivity contribution in [2.45, 2.75) is 64.1 Å². The maximum absolute atomic E-state index is 13.8. The van der Waals surface area contributed by atoms with E-state index in [1.165, 1.54) is 5.56 Å². The summed E-state index contributed by atoms with van der Waals surface area (Å²) in [6.45, 7) is 9.18. The van der Waals surface area contributed by atoms with Crippen LogP contribution in [0.3, 0.4) is 0 Å². The standard InChI is InChI=1S/C21H26N4OS/c1-5-21(6-2)13-14-11-9-10-12-15(14)17-16(21)18(26)25-19(22-17)24(7-3)23-20(25)27-8-4/h9-12H,5-8,13H2,1-4H3. The fourth-order valence-corrected chi connectivity index (χ4v) is 5.08. The molecule has 0 fully saturated rings. The average Bonchev–Trinajstić information content (AvgIpc) is 3.05. The molecule has 0 aliphatic heterocycles. The van der Waals surface area contributed by atoms with Crippen molar-refractivity contribution in [3.8, 4) is 11.3 Å². The lowest BCUT2D eigenvalue weighted by atomic mass is 9.66. The van der Waals surface area contributed by atoms with Crippen molar-refractivity contribution in [3.63, 3.8) is 0 Å². The van der Waals surface area contributed by atoms with Gasteiger partial charge in [-0.2, -0.15) is 0 Å². The summed E-state index contributed by atoms with van der Waals surface area (Å²) in [5.74, 6) is 1.52. The Morgan fingerprint density at radius 2 is 1.89 bits per heavy atom. The maximum atomic E-state index is 13.8. The van der Waals surface area contributed by atoms with Gasteiger partial charge in [-0.25, -0.2) is 14.1 Å². The van der Waals surface area contributed by atoms with E-state index in [-0.39, 0.29) is 11.0 Å². The lowest BCUT2D eigenvalue weighted by Crippen LogP contribution is -2.39. The van der Waals surface area contributed by atoms with E-state index < -0.39 is 0 Å². The Balaban J connectivity index is 2.16. The molecule has 0 atom stereocenters. The minimum Gasteiger partial charge on any atom is -0.268 e. The monoisotopic (exact) mass is 382 g/mol. The highest BCUT2D eigenvalue weighted by Crippen LogP contribution is 2.44. The van der Waals surface area contributed by atoms with Crippen LogP contribution in [-0.2, 0) is 18.4 Å². The fraction of sp³-hybridized carbons (Fsp3) is 0.476. The van der Waals surface area contributed by atoms with Gasteiger partial charge in [0, 0.05) is 17.5 Å². The highest BCUT2D eigenvalue weighted by Gasteiger charge is 2.40. The van der Waals surface area contributed by atoms with Gasteiger partial charge in [0.25, 0.3) is 5.56 Å². The Labute approximate surface area is 163 Å². The Bertz CT molecular complexity index is 1060. The van der Waals surface area contributed by atoms with Gasteiger partial charge in [-0.1, -0.05) is 56.8 Å². The summed E-state index contributed by atoms with van der Waals surface area (Å²) in [6, 6.07) is 8.39. The average molecular weight is 383 g/mol. The van der Waals surface area contributed by atoms with Crippen molar-refractivity contribution in [2.75, 3.05) is 5.75 Å². The number of benzene rings is 1. The maximum Gasteiger partial charge on any atom is 0.265 e. The van der Waals surface area contributed by atoms with Gasteiger partial charge in [0.1, 0.15) is 0 Å². The molecule has 1 aliphatic carbocycles. The molecule has 0 radical (unpaired) electrons. The highest BCUT2D eigenvalue weighted by molar-refractivity contribution is 7.99. The van der Waals surface area contributed by atoms with Crippen LogP contribution >= 0.6 is 11.8 Å². The molecule has 0 N–H and O–H groups in total. The molecule has 1 aliphatic rings. The second kappa shape index (κ2) is 6.82. The summed E-state index contributed by atoms with van der Waals surface area (Å²) < 4.78 is 3.58. The zero-order valence-corrected chi connectivity index (χ0v) is 17.3. The molecule has 1 aromatic carbocycles. The fourth-order valence-electron chi connectivity index (χ4n) is 4.37. The third-order valence-electron chi connectivity index (χ3n) is 5.95. The summed E-state index contributed by atoms with van der Waals surface area (Å²) >= 11 is 1.60. The van der Waals surface area contributed by atoms with Crippen LogP contribution in [0.2, 0.25) is 0 Å². The van der Waals surface area contributed by atoms with E-state index in [1.807, 2.05) is 17.7 Å². The first-order valence-electron chi connectivity index (χ1n) is 9.85. The summed E-state index contributed by atoms with van der Waals surface area (Å²) in [4.78, 5) is 18.8. The number of aromatic nitrogens is 4. The van der Waals surface area contributed by atoms with Crippen molar-refractivity contribution < 1.29 is 0 Å². The molecular formula is C21H26N4OS. The zero-order chi connectivity index (χ0) is 19.2. The van der Waals surface area contributed by atoms with Crippen LogP contribution in [0, 0.1) is 0 Å². The van der Waals surface area contributed by atoms with Crippen LogP contribution < -0.4 is 5.56 Å². The van der Waals surface area contributed by atoms with Crippen molar-refractivity contribution in [1.29, 1.82) is 0 Å². The topological polar surface area (TPSA) is 52.2 Å². The van der Waals surface area contributed by atoms with Crippen LogP contribution in [0.5, 0.6) is 0 Å². The largest absolute Gasteiger partial charge is 0.268 e. The molecule has 0 saturated heterocycles. The molecule has 0 unspecified atom stereocenters. The minimum atomic E-state index is -0.169. The van der Waals surface area contributed by atoms with Gasteiger partial charge in [0.05, 0.1) is 11.3 Å². The van der Waals surface area contributed by atoms with Crippen molar-refractivity contribution >= 4 is 17.5 Å². The van der Waals surface area contributed by atoms with E-state index in [9.17, 15) is 4.79 Å². The molecule has 0 saturated carbocycles. The quantitative estimate of drug-likeness (QED) is 0.617. The predicted molar refractivity (Wildman–Crippen MR) is 111 cm³/mol. The van der Waals surface area contributed by atoms with Crippen molar-refractivity contribution in [3.05, 3.63) is 45.7 Å². The summed E-state index contributed by atoms with van der Waals surface area (Å²) in [5.41, 5.74) is 4.00. The van der Waals surface area contributed by atoms with Gasteiger partial charge in [0.15, 0.2) is 5.16 Å². The summed E-state index contributed by atoms with van der Waals surface area (Å²) in [5, 5.41) is 5.41. The van der Waals surface area contributed by atoms with E-state index >= 15 is 0 Å². The number of hydrogen-bond donors (Lipinski definition) is 0. The van der Waals surface area contributed by atoms with E-state index in [4.69, 9.17) is 4.98 Å². The third-order valence-corrected chi connectivity index (χ3v) is 6.76. The molecule has 3 aromatic rings. The number of thioether (sulfide) groups is 1. The van der Waals surface area contributed by atoms with E-state index in [0.717, 1.165) is 47.0 Å². The van der Waals surface area contributed by atoms with Crippen molar-refractivity contribution in [1.82, 2.24) is 19.2 Å². The smallest absolute Gasteiger partial charge is 0.265 e. The molecule has 142 valence electrons. The Kier molecular flexibility index (Phi) is 4.62. The lowest BCUT2D eigenvalue weighted by molar-refractivity contribution is 0.382. The summed E-state index contributed by atoms with van der Waals surface area (Å²) in [6.07, 6.45) is 2.74. The molecule has 5 nitrogen and oxygen atoms in total. The van der Waals surface area contributed by atoms with E-state index in [1.54, 1.807) is 16.2 Å². The number of fused-ring (bicyclic) bond motifs is 4. The molecule has 6 heteroatoms. The molecule has 2 aromatic heterocycles. The SMILES string of the molecule is CCSc1nn(CC)c2nc3c(c(=O)n12)C(CC)(CC)Cc1ccccc1-3. The molecule has 27 heavy (non-hydrogen) atoms. The Morgan fingerprint density at radius 1 is 1.15 bits per heavy atom. The van der Waals surface area contributed by atoms with Crippen LogP contribution in [-0.4, -0.2) is 24.9 Å². The van der Waals surface area contributed by atoms with E-state index in [2.05, 4.69) is 44.1 Å². The lowest BCUT2D eigenvalue weighted by Gasteiger charge is -2.37. The van der Waals surface area contributed by atoms with Gasteiger partial charge < -0.3 is 0 Å². The number of nitrogens with zero attached hydrogens (tertiary/aromatic N) is 4. The third kappa shape index (κ3) is 2.57. The first-order valence-corrected chi connectivity index (χ1v) is 10.8. The molecular weight excluding hydrogens is 356 g/mol. The normalized spacial score (nSPS) is 15.0. The van der Waals surface area contributed by atoms with Crippen LogP contribution in [0.25, 0.3) is 17.0 Å². The number of rotatable bonds is 5. The van der Waals surface area contributed by atoms with Crippen LogP contribution in [0.4, 0.5) is 0 Å². The van der Waals surface area contributed by atoms with Gasteiger partial charge >= 0.3 is 0 Å². The molecule has 0 bridgehead atoms. The molecule has 2 heterocycles. The number of aryl methyl sites for hydroxylation is 1. The van der Waals surface area contributed by atoms with Gasteiger partial charge in [-0.15, -0.1) is 5.10 Å². The Morgan fingerprint density at radius 3 is 2.56 bits per heavy atom. The number of hydrogen-bond acceptors (Lipinski definition) is 4. The first kappa shape index (κ1) is 18.3. The van der Waals surface area contributed by atoms with Gasteiger partial charge in [-0.05, 0) is 37.5 Å². The van der Waals surface area contributed by atoms with Gasteiger partial charge in [-0.3, -0.25) is 4.79 Å². The van der Waals surface area contributed by atoms with Gasteiger partial charge in [0.2, 0.25) is 5.78 Å². The summed E-state index contributed by atoms with van der Waals surface area (Å²) in [7, 11) is 0. The van der Waals surface area contributed by atoms with Crippen LogP contribution in [0.1, 0.15) is 51.7 Å². The second-order valence-electron chi connectivity index (χ2n) is 7.13. The van der Waals surface area contributed by atoms with Crippen molar-refractivity contribution in [2.24, 2.45) is 0 Å². The predicted octanol–water partition coefficient (Wildman–Crippen LogP) is 4.30. The van der Waals surface area contributed by atoms with E-state index in [0.29, 0.717) is 12.3 Å². The first-order chi connectivity index (χ1) is 13.1. The second-order valence-corrected chi connectivity index (χ2v) is 8.36. The Hall–Kier alpha value is -2.08. The molecule has 4 rings (SSSR count).